The highest BCUT2D eigenvalue weighted by molar-refractivity contribution is 8.00. The van der Waals surface area contributed by atoms with E-state index in [4.69, 9.17) is 4.74 Å². The van der Waals surface area contributed by atoms with Gasteiger partial charge in [-0.2, -0.15) is 0 Å². The Morgan fingerprint density at radius 3 is 2.42 bits per heavy atom. The first-order valence-corrected chi connectivity index (χ1v) is 13.4. The summed E-state index contributed by atoms with van der Waals surface area (Å²) in [5, 5.41) is 10.2. The molecular formula is C28H40ClNO2S. The van der Waals surface area contributed by atoms with E-state index in [2.05, 4.69) is 67.3 Å². The third-order valence-electron chi connectivity index (χ3n) is 7.18. The fourth-order valence-electron chi connectivity index (χ4n) is 5.34. The molecule has 2 aliphatic heterocycles. The molecule has 2 atom stereocenters. The standard InChI is InChI=1S/C28H39NO2S.ClH/c1-3-5-18-28(19-6-4-2)31-26-17-13-23(20-27(26)32-28)25-16-15-24(29(25)21-30)14-12-22-10-8-7-9-11-22;/h7-11,13,17,20,24-25,30H,3-6,12,14-16,18-19,21H2,1-2H3;1H. The first-order chi connectivity index (χ1) is 15.7. The number of thioether (sulfide) groups is 1. The maximum Gasteiger partial charge on any atom is 0.159 e. The summed E-state index contributed by atoms with van der Waals surface area (Å²) >= 11 is 1.95. The van der Waals surface area contributed by atoms with Gasteiger partial charge >= 0.3 is 0 Å². The van der Waals surface area contributed by atoms with E-state index >= 15 is 0 Å². The van der Waals surface area contributed by atoms with Crippen LogP contribution in [0, 0.1) is 0 Å². The van der Waals surface area contributed by atoms with Crippen molar-refractivity contribution in [3.05, 3.63) is 59.7 Å². The molecule has 1 N–H and O–H groups in total. The minimum atomic E-state index is -0.0858. The zero-order chi connectivity index (χ0) is 22.4. The number of fused-ring (bicyclic) bond motifs is 1. The Morgan fingerprint density at radius 2 is 1.76 bits per heavy atom. The molecule has 2 aliphatic rings. The number of halogens is 1. The van der Waals surface area contributed by atoms with Crippen LogP contribution in [0.2, 0.25) is 0 Å². The van der Waals surface area contributed by atoms with E-state index in [1.54, 1.807) is 0 Å². The number of rotatable bonds is 11. The van der Waals surface area contributed by atoms with Crippen LogP contribution in [0.15, 0.2) is 53.4 Å². The summed E-state index contributed by atoms with van der Waals surface area (Å²) in [7, 11) is 0. The van der Waals surface area contributed by atoms with Crippen molar-refractivity contribution in [2.24, 2.45) is 0 Å². The van der Waals surface area contributed by atoms with Crippen LogP contribution >= 0.6 is 24.2 Å². The number of aryl methyl sites for hydroxylation is 1. The van der Waals surface area contributed by atoms with Crippen molar-refractivity contribution in [2.75, 3.05) is 6.73 Å². The third-order valence-corrected chi connectivity index (χ3v) is 8.58. The largest absolute Gasteiger partial charge is 0.475 e. The second-order valence-electron chi connectivity index (χ2n) is 9.45. The molecule has 0 amide bonds. The van der Waals surface area contributed by atoms with Crippen molar-refractivity contribution in [2.45, 2.75) is 100.0 Å². The van der Waals surface area contributed by atoms with Gasteiger partial charge in [-0.05, 0) is 74.6 Å². The highest BCUT2D eigenvalue weighted by Gasteiger charge is 2.40. The van der Waals surface area contributed by atoms with Crippen LogP contribution in [0.25, 0.3) is 0 Å². The van der Waals surface area contributed by atoms with Gasteiger partial charge < -0.3 is 9.84 Å². The first-order valence-electron chi connectivity index (χ1n) is 12.6. The molecule has 0 saturated carbocycles. The summed E-state index contributed by atoms with van der Waals surface area (Å²) in [6.45, 7) is 4.65. The monoisotopic (exact) mass is 489 g/mol. The Kier molecular flexibility index (Phi) is 9.99. The maximum atomic E-state index is 10.2. The molecule has 2 heterocycles. The van der Waals surface area contributed by atoms with E-state index in [1.807, 2.05) is 11.8 Å². The molecule has 4 rings (SSSR count). The highest BCUT2D eigenvalue weighted by Crippen LogP contribution is 2.53. The number of aliphatic hydroxyl groups excluding tert-OH is 1. The molecule has 2 aromatic rings. The molecule has 182 valence electrons. The second-order valence-corrected chi connectivity index (χ2v) is 10.8. The Balaban J connectivity index is 0.00000306. The summed E-state index contributed by atoms with van der Waals surface area (Å²) in [6, 6.07) is 18.2. The molecule has 0 spiro atoms. The molecule has 3 nitrogen and oxygen atoms in total. The molecule has 5 heteroatoms. The third kappa shape index (κ3) is 6.28. The Bertz CT molecular complexity index is 854. The van der Waals surface area contributed by atoms with Gasteiger partial charge in [-0.3, -0.25) is 4.90 Å². The van der Waals surface area contributed by atoms with Crippen LogP contribution < -0.4 is 4.74 Å². The fourth-order valence-corrected chi connectivity index (χ4v) is 6.77. The van der Waals surface area contributed by atoms with Gasteiger partial charge in [0, 0.05) is 12.1 Å². The molecule has 0 aromatic heterocycles. The Hall–Kier alpha value is -1.20. The minimum absolute atomic E-state index is 0. The van der Waals surface area contributed by atoms with Crippen LogP contribution in [0.4, 0.5) is 0 Å². The topological polar surface area (TPSA) is 32.7 Å². The molecule has 0 aliphatic carbocycles. The number of unbranched alkanes of at least 4 members (excludes halogenated alkanes) is 2. The molecule has 1 fully saturated rings. The number of likely N-dealkylation sites (tertiary alicyclic amines) is 1. The fraction of sp³-hybridized carbons (Fsp3) is 0.571. The van der Waals surface area contributed by atoms with E-state index in [-0.39, 0.29) is 24.1 Å². The van der Waals surface area contributed by atoms with Gasteiger partial charge in [0.1, 0.15) is 5.75 Å². The summed E-state index contributed by atoms with van der Waals surface area (Å²) < 4.78 is 6.58. The Morgan fingerprint density at radius 1 is 1.03 bits per heavy atom. The normalized spacial score (nSPS) is 21.4. The number of hydrogen-bond donors (Lipinski definition) is 1. The van der Waals surface area contributed by atoms with Crippen molar-refractivity contribution >= 4 is 24.2 Å². The van der Waals surface area contributed by atoms with Gasteiger partial charge in [-0.25, -0.2) is 0 Å². The van der Waals surface area contributed by atoms with Crippen LogP contribution in [-0.2, 0) is 6.42 Å². The van der Waals surface area contributed by atoms with Gasteiger partial charge in [0.15, 0.2) is 4.93 Å². The van der Waals surface area contributed by atoms with Crippen molar-refractivity contribution in [1.29, 1.82) is 0 Å². The van der Waals surface area contributed by atoms with Crippen LogP contribution in [0.3, 0.4) is 0 Å². The smallest absolute Gasteiger partial charge is 0.159 e. The van der Waals surface area contributed by atoms with Gasteiger partial charge in [0.2, 0.25) is 0 Å². The molecule has 33 heavy (non-hydrogen) atoms. The van der Waals surface area contributed by atoms with Gasteiger partial charge in [-0.1, -0.05) is 74.8 Å². The zero-order valence-corrected chi connectivity index (χ0v) is 21.8. The van der Waals surface area contributed by atoms with Crippen molar-refractivity contribution in [1.82, 2.24) is 4.90 Å². The lowest BCUT2D eigenvalue weighted by atomic mass is 10.0. The predicted molar refractivity (Wildman–Crippen MR) is 141 cm³/mol. The summed E-state index contributed by atoms with van der Waals surface area (Å²) in [5.74, 6) is 1.06. The van der Waals surface area contributed by atoms with Crippen molar-refractivity contribution < 1.29 is 9.84 Å². The van der Waals surface area contributed by atoms with Crippen LogP contribution in [-0.4, -0.2) is 27.7 Å². The lowest BCUT2D eigenvalue weighted by molar-refractivity contribution is 0.0596. The molecule has 2 unspecified atom stereocenters. The van der Waals surface area contributed by atoms with E-state index in [0.29, 0.717) is 12.1 Å². The second kappa shape index (κ2) is 12.5. The highest BCUT2D eigenvalue weighted by atomic mass is 35.5. The molecule has 0 bridgehead atoms. The maximum absolute atomic E-state index is 10.2. The average Bonchev–Trinajstić information content (AvgIpc) is 3.41. The minimum Gasteiger partial charge on any atom is -0.475 e. The molecule has 1 saturated heterocycles. The number of aliphatic hydroxyl groups is 1. The number of nitrogens with zero attached hydrogens (tertiary/aromatic N) is 1. The summed E-state index contributed by atoms with van der Waals surface area (Å²) in [6.07, 6.45) is 11.5. The van der Waals surface area contributed by atoms with E-state index < -0.39 is 0 Å². The number of ether oxygens (including phenoxy) is 1. The SMILES string of the molecule is CCCCC1(CCCC)Oc2ccc(C3CCC(CCc4ccccc4)N3CO)cc2S1.Cl. The van der Waals surface area contributed by atoms with Gasteiger partial charge in [0.25, 0.3) is 0 Å². The van der Waals surface area contributed by atoms with Crippen LogP contribution in [0.1, 0.15) is 88.8 Å². The predicted octanol–water partition coefficient (Wildman–Crippen LogP) is 7.76. The number of hydrogen-bond acceptors (Lipinski definition) is 4. The van der Waals surface area contributed by atoms with Crippen molar-refractivity contribution in [3.63, 3.8) is 0 Å². The Labute approximate surface area is 210 Å². The number of benzene rings is 2. The van der Waals surface area contributed by atoms with Gasteiger partial charge in [0.05, 0.1) is 11.6 Å². The molecular weight excluding hydrogens is 450 g/mol. The quantitative estimate of drug-likeness (QED) is 0.349. The van der Waals surface area contributed by atoms with E-state index in [1.165, 1.54) is 41.7 Å². The summed E-state index contributed by atoms with van der Waals surface area (Å²) in [4.78, 5) is 3.52. The average molecular weight is 490 g/mol. The lowest BCUT2D eigenvalue weighted by Crippen LogP contribution is -2.32. The molecule has 0 radical (unpaired) electrons. The molecule has 2 aromatic carbocycles. The van der Waals surface area contributed by atoms with Crippen molar-refractivity contribution in [3.8, 4) is 5.75 Å². The van der Waals surface area contributed by atoms with Gasteiger partial charge in [-0.15, -0.1) is 12.4 Å². The van der Waals surface area contributed by atoms with E-state index in [0.717, 1.165) is 44.3 Å². The summed E-state index contributed by atoms with van der Waals surface area (Å²) in [5.41, 5.74) is 2.72. The van der Waals surface area contributed by atoms with E-state index in [9.17, 15) is 5.11 Å². The lowest BCUT2D eigenvalue weighted by Gasteiger charge is -2.28. The zero-order valence-electron chi connectivity index (χ0n) is 20.2. The first kappa shape index (κ1) is 26.4. The van der Waals surface area contributed by atoms with Crippen LogP contribution in [0.5, 0.6) is 5.75 Å².